The third-order valence-electron chi connectivity index (χ3n) is 3.31. The maximum atomic E-state index is 11.6. The van der Waals surface area contributed by atoms with Gasteiger partial charge in [-0.1, -0.05) is 30.3 Å². The molecule has 1 aliphatic rings. The molecule has 1 aromatic rings. The van der Waals surface area contributed by atoms with Crippen LogP contribution in [0.25, 0.3) is 0 Å². The predicted molar refractivity (Wildman–Crippen MR) is 70.6 cm³/mol. The first-order chi connectivity index (χ1) is 9.29. The van der Waals surface area contributed by atoms with E-state index in [4.69, 9.17) is 14.2 Å². The Morgan fingerprint density at radius 2 is 1.95 bits per heavy atom. The molecule has 0 aliphatic heterocycles. The second-order valence-corrected chi connectivity index (χ2v) is 4.71. The van der Waals surface area contributed by atoms with Gasteiger partial charge in [0.1, 0.15) is 12.7 Å². The molecule has 1 aromatic carbocycles. The van der Waals surface area contributed by atoms with E-state index in [1.807, 2.05) is 30.3 Å². The van der Waals surface area contributed by atoms with Crippen molar-refractivity contribution >= 4 is 5.97 Å². The number of hydrogen-bond donors (Lipinski definition) is 0. The van der Waals surface area contributed by atoms with Crippen molar-refractivity contribution in [3.8, 4) is 0 Å². The van der Waals surface area contributed by atoms with Gasteiger partial charge in [-0.25, -0.2) is 4.79 Å². The molecule has 0 aromatic heterocycles. The Morgan fingerprint density at radius 1 is 1.21 bits per heavy atom. The summed E-state index contributed by atoms with van der Waals surface area (Å²) in [7, 11) is 1.66. The van der Waals surface area contributed by atoms with Crippen LogP contribution in [0.4, 0.5) is 0 Å². The molecule has 0 heterocycles. The van der Waals surface area contributed by atoms with Crippen LogP contribution in [-0.2, 0) is 25.6 Å². The minimum atomic E-state index is -0.315. The minimum absolute atomic E-state index is 0.0121. The maximum Gasteiger partial charge on any atom is 0.332 e. The fraction of sp³-hybridized carbons (Fsp3) is 0.533. The molecule has 0 bridgehead atoms. The highest BCUT2D eigenvalue weighted by atomic mass is 16.6. The fourth-order valence-electron chi connectivity index (χ4n) is 2.33. The predicted octanol–water partition coefficient (Wildman–Crippen LogP) is 2.31. The van der Waals surface area contributed by atoms with Gasteiger partial charge in [0, 0.05) is 7.11 Å². The number of methoxy groups -OCH3 is 1. The summed E-state index contributed by atoms with van der Waals surface area (Å²) in [5.74, 6) is -0.315. The first kappa shape index (κ1) is 14.0. The van der Waals surface area contributed by atoms with Crippen molar-refractivity contribution < 1.29 is 19.0 Å². The average molecular weight is 264 g/mol. The van der Waals surface area contributed by atoms with Gasteiger partial charge in [-0.2, -0.15) is 0 Å². The van der Waals surface area contributed by atoms with Gasteiger partial charge in [0.25, 0.3) is 0 Å². The second-order valence-electron chi connectivity index (χ2n) is 4.71. The van der Waals surface area contributed by atoms with E-state index in [-0.39, 0.29) is 24.8 Å². The number of esters is 1. The molecule has 2 atom stereocenters. The molecule has 1 saturated carbocycles. The van der Waals surface area contributed by atoms with Crippen molar-refractivity contribution in [2.45, 2.75) is 38.1 Å². The average Bonchev–Trinajstić information content (AvgIpc) is 2.87. The number of ether oxygens (including phenoxy) is 3. The largest absolute Gasteiger partial charge is 0.458 e. The van der Waals surface area contributed by atoms with Crippen LogP contribution >= 0.6 is 0 Å². The van der Waals surface area contributed by atoms with E-state index in [9.17, 15) is 4.79 Å². The zero-order valence-electron chi connectivity index (χ0n) is 11.2. The van der Waals surface area contributed by atoms with Gasteiger partial charge in [-0.15, -0.1) is 0 Å². The van der Waals surface area contributed by atoms with Crippen LogP contribution in [0.2, 0.25) is 0 Å². The Hall–Kier alpha value is -1.39. The Bertz CT molecular complexity index is 390. The Morgan fingerprint density at radius 3 is 2.68 bits per heavy atom. The molecule has 104 valence electrons. The lowest BCUT2D eigenvalue weighted by Crippen LogP contribution is -2.29. The number of carbonyl (C=O) groups is 1. The fourth-order valence-corrected chi connectivity index (χ4v) is 2.33. The van der Waals surface area contributed by atoms with Crippen molar-refractivity contribution in [3.63, 3.8) is 0 Å². The molecule has 2 rings (SSSR count). The first-order valence-corrected chi connectivity index (χ1v) is 6.63. The summed E-state index contributed by atoms with van der Waals surface area (Å²) in [5.41, 5.74) is 1.05. The van der Waals surface area contributed by atoms with E-state index in [0.29, 0.717) is 6.61 Å². The highest BCUT2D eigenvalue weighted by Gasteiger charge is 2.30. The van der Waals surface area contributed by atoms with Gasteiger partial charge in [-0.3, -0.25) is 0 Å². The maximum absolute atomic E-state index is 11.6. The summed E-state index contributed by atoms with van der Waals surface area (Å²) in [6, 6.07) is 9.76. The van der Waals surface area contributed by atoms with Crippen molar-refractivity contribution in [1.29, 1.82) is 0 Å². The van der Waals surface area contributed by atoms with Crippen LogP contribution in [0.15, 0.2) is 30.3 Å². The summed E-state index contributed by atoms with van der Waals surface area (Å²) < 4.78 is 16.0. The number of carbonyl (C=O) groups excluding carboxylic acids is 1. The van der Waals surface area contributed by atoms with Crippen LogP contribution in [0.3, 0.4) is 0 Å². The summed E-state index contributed by atoms with van der Waals surface area (Å²) in [6.07, 6.45) is 2.81. The van der Waals surface area contributed by atoms with E-state index in [0.717, 1.165) is 24.8 Å². The zero-order chi connectivity index (χ0) is 13.5. The molecular formula is C15H20O4. The smallest absolute Gasteiger partial charge is 0.332 e. The SMILES string of the molecule is CO[C@H]1CCC[C@@H]1OC(=O)COCc1ccccc1. The van der Waals surface area contributed by atoms with Crippen molar-refractivity contribution in [2.75, 3.05) is 13.7 Å². The van der Waals surface area contributed by atoms with Gasteiger partial charge < -0.3 is 14.2 Å². The van der Waals surface area contributed by atoms with Crippen LogP contribution in [0.1, 0.15) is 24.8 Å². The molecule has 19 heavy (non-hydrogen) atoms. The van der Waals surface area contributed by atoms with E-state index in [1.165, 1.54) is 0 Å². The second kappa shape index (κ2) is 7.26. The van der Waals surface area contributed by atoms with Gasteiger partial charge in [-0.05, 0) is 24.8 Å². The number of hydrogen-bond acceptors (Lipinski definition) is 4. The highest BCUT2D eigenvalue weighted by molar-refractivity contribution is 5.71. The van der Waals surface area contributed by atoms with E-state index in [1.54, 1.807) is 7.11 Å². The van der Waals surface area contributed by atoms with Gasteiger partial charge in [0.15, 0.2) is 0 Å². The molecular weight excluding hydrogens is 244 g/mol. The topological polar surface area (TPSA) is 44.8 Å². The lowest BCUT2D eigenvalue weighted by atomic mass is 10.2. The van der Waals surface area contributed by atoms with Crippen molar-refractivity contribution in [1.82, 2.24) is 0 Å². The molecule has 0 unspecified atom stereocenters. The standard InChI is InChI=1S/C15H20O4/c1-17-13-8-5-9-14(13)19-15(16)11-18-10-12-6-3-2-4-7-12/h2-4,6-7,13-14H,5,8-11H2,1H3/t13-,14-/m0/s1. The van der Waals surface area contributed by atoms with Crippen LogP contribution in [0, 0.1) is 0 Å². The summed E-state index contributed by atoms with van der Waals surface area (Å²) in [4.78, 5) is 11.6. The summed E-state index contributed by atoms with van der Waals surface area (Å²) in [5, 5.41) is 0. The third-order valence-corrected chi connectivity index (χ3v) is 3.31. The Kier molecular flexibility index (Phi) is 5.36. The van der Waals surface area contributed by atoms with Gasteiger partial charge >= 0.3 is 5.97 Å². The van der Waals surface area contributed by atoms with E-state index >= 15 is 0 Å². The molecule has 0 radical (unpaired) electrons. The molecule has 1 fully saturated rings. The van der Waals surface area contributed by atoms with Crippen LogP contribution in [0.5, 0.6) is 0 Å². The van der Waals surface area contributed by atoms with Crippen molar-refractivity contribution in [2.24, 2.45) is 0 Å². The Labute approximate surface area is 113 Å². The van der Waals surface area contributed by atoms with Gasteiger partial charge in [0.2, 0.25) is 0 Å². The molecule has 0 amide bonds. The monoisotopic (exact) mass is 264 g/mol. The molecule has 0 saturated heterocycles. The van der Waals surface area contributed by atoms with E-state index < -0.39 is 0 Å². The molecule has 0 N–H and O–H groups in total. The zero-order valence-corrected chi connectivity index (χ0v) is 11.2. The molecule has 1 aliphatic carbocycles. The van der Waals surface area contributed by atoms with Crippen LogP contribution in [-0.4, -0.2) is 31.9 Å². The lowest BCUT2D eigenvalue weighted by molar-refractivity contribution is -0.160. The number of rotatable bonds is 6. The minimum Gasteiger partial charge on any atom is -0.458 e. The number of benzene rings is 1. The normalized spacial score (nSPS) is 22.4. The summed E-state index contributed by atoms with van der Waals surface area (Å²) >= 11 is 0. The molecule has 4 nitrogen and oxygen atoms in total. The first-order valence-electron chi connectivity index (χ1n) is 6.63. The lowest BCUT2D eigenvalue weighted by Gasteiger charge is -2.18. The highest BCUT2D eigenvalue weighted by Crippen LogP contribution is 2.24. The molecule has 4 heteroatoms. The van der Waals surface area contributed by atoms with E-state index in [2.05, 4.69) is 0 Å². The van der Waals surface area contributed by atoms with Crippen LogP contribution < -0.4 is 0 Å². The quantitative estimate of drug-likeness (QED) is 0.740. The van der Waals surface area contributed by atoms with Crippen molar-refractivity contribution in [3.05, 3.63) is 35.9 Å². The third kappa shape index (κ3) is 4.33. The van der Waals surface area contributed by atoms with Gasteiger partial charge in [0.05, 0.1) is 12.7 Å². The molecule has 0 spiro atoms. The summed E-state index contributed by atoms with van der Waals surface area (Å²) in [6.45, 7) is 0.413. The Balaban J connectivity index is 1.67.